The minimum Gasteiger partial charge on any atom is -0.388 e. The maximum atomic E-state index is 9.42. The van der Waals surface area contributed by atoms with Crippen molar-refractivity contribution in [1.82, 2.24) is 5.32 Å². The molecule has 0 aromatic carbocycles. The van der Waals surface area contributed by atoms with Crippen molar-refractivity contribution in [3.8, 4) is 0 Å². The molecule has 2 N–H and O–H groups in total. The highest BCUT2D eigenvalue weighted by Crippen LogP contribution is 2.14. The van der Waals surface area contributed by atoms with Crippen LogP contribution in [0, 0.1) is 5.92 Å². The van der Waals surface area contributed by atoms with E-state index < -0.39 is 5.60 Å². The predicted molar refractivity (Wildman–Crippen MR) is 57.3 cm³/mol. The third-order valence-electron chi connectivity index (χ3n) is 2.52. The van der Waals surface area contributed by atoms with E-state index >= 15 is 0 Å². The number of ether oxygens (including phenoxy) is 1. The van der Waals surface area contributed by atoms with Crippen LogP contribution in [-0.2, 0) is 4.74 Å². The Balaban J connectivity index is 1.97. The molecule has 0 spiro atoms. The van der Waals surface area contributed by atoms with Crippen molar-refractivity contribution in [2.45, 2.75) is 38.7 Å². The van der Waals surface area contributed by atoms with Gasteiger partial charge in [0.1, 0.15) is 0 Å². The van der Waals surface area contributed by atoms with Crippen LogP contribution in [0.4, 0.5) is 0 Å². The molecule has 0 saturated carbocycles. The summed E-state index contributed by atoms with van der Waals surface area (Å²) in [7, 11) is 0. The molecule has 1 aliphatic heterocycles. The lowest BCUT2D eigenvalue weighted by Gasteiger charge is -2.23. The quantitative estimate of drug-likeness (QED) is 0.656. The van der Waals surface area contributed by atoms with Crippen molar-refractivity contribution in [3.63, 3.8) is 0 Å². The second-order valence-corrected chi connectivity index (χ2v) is 4.87. The van der Waals surface area contributed by atoms with Gasteiger partial charge in [0.05, 0.1) is 12.2 Å². The summed E-state index contributed by atoms with van der Waals surface area (Å²) in [6.07, 6.45) is 3.72. The first kappa shape index (κ1) is 12.0. The zero-order valence-electron chi connectivity index (χ0n) is 9.38. The predicted octanol–water partition coefficient (Wildman–Crippen LogP) is 1.16. The first-order valence-corrected chi connectivity index (χ1v) is 5.59. The third kappa shape index (κ3) is 5.58. The number of rotatable bonds is 5. The van der Waals surface area contributed by atoms with E-state index in [1.54, 1.807) is 13.8 Å². The maximum absolute atomic E-state index is 9.42. The molecule has 0 aromatic rings. The second kappa shape index (κ2) is 5.69. The Morgan fingerprint density at radius 1 is 1.50 bits per heavy atom. The van der Waals surface area contributed by atoms with E-state index in [-0.39, 0.29) is 0 Å². The maximum Gasteiger partial charge on any atom is 0.0824 e. The van der Waals surface area contributed by atoms with Crippen LogP contribution in [0.3, 0.4) is 0 Å². The van der Waals surface area contributed by atoms with Crippen molar-refractivity contribution >= 4 is 0 Å². The van der Waals surface area contributed by atoms with Gasteiger partial charge >= 0.3 is 0 Å². The Labute approximate surface area is 86.8 Å². The summed E-state index contributed by atoms with van der Waals surface area (Å²) in [6.45, 7) is 7.06. The van der Waals surface area contributed by atoms with Crippen LogP contribution in [0.2, 0.25) is 0 Å². The van der Waals surface area contributed by atoms with Gasteiger partial charge in [-0.15, -0.1) is 0 Å². The lowest BCUT2D eigenvalue weighted by Crippen LogP contribution is -2.31. The molecule has 1 aliphatic rings. The normalized spacial score (nSPS) is 23.8. The van der Waals surface area contributed by atoms with Gasteiger partial charge in [-0.1, -0.05) is 0 Å². The van der Waals surface area contributed by atoms with E-state index in [1.807, 2.05) is 0 Å². The molecule has 0 aliphatic carbocycles. The van der Waals surface area contributed by atoms with Crippen LogP contribution in [-0.4, -0.2) is 37.0 Å². The molecule has 3 nitrogen and oxygen atoms in total. The number of piperidine rings is 1. The van der Waals surface area contributed by atoms with Gasteiger partial charge < -0.3 is 15.2 Å². The molecular formula is C11H23NO2. The molecule has 1 unspecified atom stereocenters. The van der Waals surface area contributed by atoms with Gasteiger partial charge in [0.2, 0.25) is 0 Å². The van der Waals surface area contributed by atoms with E-state index in [2.05, 4.69) is 5.32 Å². The summed E-state index contributed by atoms with van der Waals surface area (Å²) in [5, 5.41) is 12.8. The number of hydrogen-bond donors (Lipinski definition) is 2. The molecule has 0 amide bonds. The minimum absolute atomic E-state index is 0.438. The number of nitrogens with one attached hydrogen (secondary N) is 1. The Morgan fingerprint density at radius 2 is 2.29 bits per heavy atom. The number of aliphatic hydroxyl groups is 1. The third-order valence-corrected chi connectivity index (χ3v) is 2.52. The van der Waals surface area contributed by atoms with E-state index in [4.69, 9.17) is 4.74 Å². The fourth-order valence-corrected chi connectivity index (χ4v) is 1.74. The summed E-state index contributed by atoms with van der Waals surface area (Å²) in [4.78, 5) is 0. The average Bonchev–Trinajstić information content (AvgIpc) is 2.13. The van der Waals surface area contributed by atoms with Crippen molar-refractivity contribution in [2.75, 3.05) is 26.3 Å². The van der Waals surface area contributed by atoms with E-state index in [0.29, 0.717) is 6.61 Å². The molecule has 0 bridgehead atoms. The topological polar surface area (TPSA) is 41.5 Å². The molecular weight excluding hydrogens is 178 g/mol. The number of hydrogen-bond acceptors (Lipinski definition) is 3. The summed E-state index contributed by atoms with van der Waals surface area (Å²) in [6, 6.07) is 0. The monoisotopic (exact) mass is 201 g/mol. The van der Waals surface area contributed by atoms with Crippen LogP contribution in [0.5, 0.6) is 0 Å². The highest BCUT2D eigenvalue weighted by atomic mass is 16.5. The first-order valence-electron chi connectivity index (χ1n) is 5.59. The Kier molecular flexibility index (Phi) is 4.85. The van der Waals surface area contributed by atoms with Gasteiger partial charge in [-0.2, -0.15) is 0 Å². The molecule has 0 aromatic heterocycles. The molecule has 84 valence electrons. The van der Waals surface area contributed by atoms with Crippen LogP contribution in [0.1, 0.15) is 33.1 Å². The highest BCUT2D eigenvalue weighted by molar-refractivity contribution is 4.69. The first-order chi connectivity index (χ1) is 6.58. The van der Waals surface area contributed by atoms with Crippen LogP contribution < -0.4 is 5.32 Å². The van der Waals surface area contributed by atoms with Gasteiger partial charge in [-0.3, -0.25) is 0 Å². The Bertz CT molecular complexity index is 148. The van der Waals surface area contributed by atoms with Gasteiger partial charge in [0, 0.05) is 6.61 Å². The largest absolute Gasteiger partial charge is 0.388 e. The van der Waals surface area contributed by atoms with Crippen molar-refractivity contribution < 1.29 is 9.84 Å². The zero-order valence-corrected chi connectivity index (χ0v) is 9.38. The van der Waals surface area contributed by atoms with Gasteiger partial charge in [0.25, 0.3) is 0 Å². The second-order valence-electron chi connectivity index (χ2n) is 4.87. The van der Waals surface area contributed by atoms with Crippen molar-refractivity contribution in [1.29, 1.82) is 0 Å². The summed E-state index contributed by atoms with van der Waals surface area (Å²) in [5.74, 6) is 0.769. The average molecular weight is 201 g/mol. The standard InChI is InChI=1S/C11H23NO2/c1-11(2,13)9-14-7-5-10-4-3-6-12-8-10/h10,12-13H,3-9H2,1-2H3. The highest BCUT2D eigenvalue weighted by Gasteiger charge is 2.15. The molecule has 1 saturated heterocycles. The molecule has 1 rings (SSSR count). The Morgan fingerprint density at radius 3 is 2.86 bits per heavy atom. The SMILES string of the molecule is CC(C)(O)COCCC1CCCNC1. The minimum atomic E-state index is -0.690. The molecule has 1 fully saturated rings. The van der Waals surface area contributed by atoms with Gasteiger partial charge in [0.15, 0.2) is 0 Å². The van der Waals surface area contributed by atoms with E-state index in [0.717, 1.165) is 25.5 Å². The fraction of sp³-hybridized carbons (Fsp3) is 1.00. The van der Waals surface area contributed by atoms with Crippen molar-refractivity contribution in [3.05, 3.63) is 0 Å². The molecule has 3 heteroatoms. The Hall–Kier alpha value is -0.120. The lowest BCUT2D eigenvalue weighted by atomic mass is 9.97. The summed E-state index contributed by atoms with van der Waals surface area (Å²) in [5.41, 5.74) is -0.690. The zero-order chi connectivity index (χ0) is 10.4. The summed E-state index contributed by atoms with van der Waals surface area (Å²) >= 11 is 0. The molecule has 14 heavy (non-hydrogen) atoms. The van der Waals surface area contributed by atoms with Crippen molar-refractivity contribution in [2.24, 2.45) is 5.92 Å². The summed E-state index contributed by atoms with van der Waals surface area (Å²) < 4.78 is 5.42. The molecule has 0 radical (unpaired) electrons. The lowest BCUT2D eigenvalue weighted by molar-refractivity contribution is -0.0242. The molecule has 1 atom stereocenters. The molecule has 1 heterocycles. The van der Waals surface area contributed by atoms with Crippen LogP contribution in [0.25, 0.3) is 0 Å². The van der Waals surface area contributed by atoms with Crippen LogP contribution >= 0.6 is 0 Å². The smallest absolute Gasteiger partial charge is 0.0824 e. The van der Waals surface area contributed by atoms with Gasteiger partial charge in [-0.25, -0.2) is 0 Å². The van der Waals surface area contributed by atoms with Crippen LogP contribution in [0.15, 0.2) is 0 Å². The van der Waals surface area contributed by atoms with Gasteiger partial charge in [-0.05, 0) is 52.1 Å². The fourth-order valence-electron chi connectivity index (χ4n) is 1.74. The van der Waals surface area contributed by atoms with E-state index in [9.17, 15) is 5.11 Å². The van der Waals surface area contributed by atoms with E-state index in [1.165, 1.54) is 19.4 Å².